The molecular formula is C14H28N2. The van der Waals surface area contributed by atoms with Gasteiger partial charge in [-0.2, -0.15) is 0 Å². The van der Waals surface area contributed by atoms with Gasteiger partial charge in [-0.1, -0.05) is 19.3 Å². The van der Waals surface area contributed by atoms with Gasteiger partial charge in [0.2, 0.25) is 0 Å². The van der Waals surface area contributed by atoms with Crippen LogP contribution in [0.25, 0.3) is 0 Å². The van der Waals surface area contributed by atoms with E-state index < -0.39 is 0 Å². The molecular weight excluding hydrogens is 196 g/mol. The second-order valence-corrected chi connectivity index (χ2v) is 6.12. The van der Waals surface area contributed by atoms with Gasteiger partial charge in [0.25, 0.3) is 0 Å². The molecule has 0 spiro atoms. The second kappa shape index (κ2) is 5.50. The zero-order valence-electron chi connectivity index (χ0n) is 11.0. The molecule has 0 radical (unpaired) electrons. The fourth-order valence-corrected chi connectivity index (χ4v) is 3.25. The molecule has 2 fully saturated rings. The highest BCUT2D eigenvalue weighted by molar-refractivity contribution is 4.83. The molecule has 1 unspecified atom stereocenters. The largest absolute Gasteiger partial charge is 0.328 e. The fourth-order valence-electron chi connectivity index (χ4n) is 3.25. The SMILES string of the molecule is CC(CC1CCC1)N(C)C1CCC(N)CC1. The summed E-state index contributed by atoms with van der Waals surface area (Å²) in [5.74, 6) is 1.03. The zero-order valence-corrected chi connectivity index (χ0v) is 11.0. The second-order valence-electron chi connectivity index (χ2n) is 6.12. The molecule has 0 saturated heterocycles. The Balaban J connectivity index is 1.74. The topological polar surface area (TPSA) is 29.3 Å². The van der Waals surface area contributed by atoms with Crippen molar-refractivity contribution in [2.75, 3.05) is 7.05 Å². The van der Waals surface area contributed by atoms with Crippen LogP contribution in [0.5, 0.6) is 0 Å². The third kappa shape index (κ3) is 2.98. The van der Waals surface area contributed by atoms with Crippen LogP contribution in [0.4, 0.5) is 0 Å². The Morgan fingerprint density at radius 3 is 2.25 bits per heavy atom. The third-order valence-corrected chi connectivity index (χ3v) is 4.91. The molecule has 16 heavy (non-hydrogen) atoms. The molecule has 0 heterocycles. The number of hydrogen-bond donors (Lipinski definition) is 1. The Kier molecular flexibility index (Phi) is 4.26. The summed E-state index contributed by atoms with van der Waals surface area (Å²) in [5.41, 5.74) is 5.97. The normalized spacial score (nSPS) is 33.8. The molecule has 2 N–H and O–H groups in total. The summed E-state index contributed by atoms with van der Waals surface area (Å²) in [5, 5.41) is 0. The molecule has 1 atom stereocenters. The van der Waals surface area contributed by atoms with Crippen LogP contribution in [-0.2, 0) is 0 Å². The van der Waals surface area contributed by atoms with Gasteiger partial charge in [-0.25, -0.2) is 0 Å². The molecule has 94 valence electrons. The third-order valence-electron chi connectivity index (χ3n) is 4.91. The highest BCUT2D eigenvalue weighted by Gasteiger charge is 2.27. The average molecular weight is 224 g/mol. The standard InChI is InChI=1S/C14H28N2/c1-11(10-12-4-3-5-12)16(2)14-8-6-13(15)7-9-14/h11-14H,3-10,15H2,1-2H3. The minimum absolute atomic E-state index is 0.478. The minimum Gasteiger partial charge on any atom is -0.328 e. The maximum absolute atomic E-state index is 5.97. The average Bonchev–Trinajstić information content (AvgIpc) is 2.23. The summed E-state index contributed by atoms with van der Waals surface area (Å²) in [4.78, 5) is 2.63. The van der Waals surface area contributed by atoms with Crippen LogP contribution < -0.4 is 5.73 Å². The molecule has 0 aromatic rings. The minimum atomic E-state index is 0.478. The van der Waals surface area contributed by atoms with Gasteiger partial charge >= 0.3 is 0 Å². The molecule has 0 aliphatic heterocycles. The first-order valence-electron chi connectivity index (χ1n) is 7.14. The van der Waals surface area contributed by atoms with Crippen molar-refractivity contribution in [2.45, 2.75) is 76.4 Å². The summed E-state index contributed by atoms with van der Waals surface area (Å²) in [6.07, 6.45) is 10.9. The summed E-state index contributed by atoms with van der Waals surface area (Å²) in [6, 6.07) is 2.05. The Bertz CT molecular complexity index is 205. The Hall–Kier alpha value is -0.0800. The predicted octanol–water partition coefficient (Wildman–Crippen LogP) is 2.77. The van der Waals surface area contributed by atoms with Crippen molar-refractivity contribution in [3.63, 3.8) is 0 Å². The highest BCUT2D eigenvalue weighted by Crippen LogP contribution is 2.32. The smallest absolute Gasteiger partial charge is 0.00961 e. The van der Waals surface area contributed by atoms with Crippen molar-refractivity contribution >= 4 is 0 Å². The monoisotopic (exact) mass is 224 g/mol. The molecule has 0 aromatic carbocycles. The van der Waals surface area contributed by atoms with Crippen molar-refractivity contribution in [2.24, 2.45) is 11.7 Å². The van der Waals surface area contributed by atoms with E-state index in [0.717, 1.165) is 18.0 Å². The molecule has 0 amide bonds. The van der Waals surface area contributed by atoms with Gasteiger partial charge in [0.05, 0.1) is 0 Å². The van der Waals surface area contributed by atoms with Crippen molar-refractivity contribution < 1.29 is 0 Å². The molecule has 2 nitrogen and oxygen atoms in total. The summed E-state index contributed by atoms with van der Waals surface area (Å²) >= 11 is 0. The van der Waals surface area contributed by atoms with Crippen molar-refractivity contribution in [1.82, 2.24) is 4.90 Å². The van der Waals surface area contributed by atoms with Crippen LogP contribution in [-0.4, -0.2) is 30.1 Å². The van der Waals surface area contributed by atoms with Crippen LogP contribution in [0.1, 0.15) is 58.3 Å². The van der Waals surface area contributed by atoms with E-state index in [0.29, 0.717) is 6.04 Å². The van der Waals surface area contributed by atoms with Gasteiger partial charge in [0, 0.05) is 18.1 Å². The predicted molar refractivity (Wildman–Crippen MR) is 69.4 cm³/mol. The van der Waals surface area contributed by atoms with Crippen molar-refractivity contribution in [3.05, 3.63) is 0 Å². The lowest BCUT2D eigenvalue weighted by Gasteiger charge is -2.39. The van der Waals surface area contributed by atoms with E-state index in [9.17, 15) is 0 Å². The fraction of sp³-hybridized carbons (Fsp3) is 1.00. The van der Waals surface area contributed by atoms with Crippen LogP contribution in [0.2, 0.25) is 0 Å². The van der Waals surface area contributed by atoms with E-state index >= 15 is 0 Å². The number of hydrogen-bond acceptors (Lipinski definition) is 2. The van der Waals surface area contributed by atoms with Gasteiger partial charge in [0.15, 0.2) is 0 Å². The lowest BCUT2D eigenvalue weighted by molar-refractivity contribution is 0.110. The molecule has 2 rings (SSSR count). The Morgan fingerprint density at radius 1 is 1.12 bits per heavy atom. The van der Waals surface area contributed by atoms with Gasteiger partial charge < -0.3 is 10.6 Å². The first-order chi connectivity index (χ1) is 7.66. The molecule has 0 aromatic heterocycles. The van der Waals surface area contributed by atoms with E-state index in [1.54, 1.807) is 0 Å². The van der Waals surface area contributed by atoms with Crippen LogP contribution >= 0.6 is 0 Å². The molecule has 0 bridgehead atoms. The maximum atomic E-state index is 5.97. The zero-order chi connectivity index (χ0) is 11.5. The summed E-state index contributed by atoms with van der Waals surface area (Å²) in [7, 11) is 2.32. The first kappa shape index (κ1) is 12.4. The summed E-state index contributed by atoms with van der Waals surface area (Å²) < 4.78 is 0. The van der Waals surface area contributed by atoms with Crippen molar-refractivity contribution in [3.8, 4) is 0 Å². The number of rotatable bonds is 4. The molecule has 2 aliphatic rings. The molecule has 2 aliphatic carbocycles. The lowest BCUT2D eigenvalue weighted by atomic mass is 9.80. The Labute approximate surface area is 101 Å². The van der Waals surface area contributed by atoms with Crippen LogP contribution in [0.3, 0.4) is 0 Å². The van der Waals surface area contributed by atoms with Crippen LogP contribution in [0, 0.1) is 5.92 Å². The van der Waals surface area contributed by atoms with E-state index in [-0.39, 0.29) is 0 Å². The quantitative estimate of drug-likeness (QED) is 0.795. The first-order valence-corrected chi connectivity index (χ1v) is 7.14. The molecule has 2 saturated carbocycles. The lowest BCUT2D eigenvalue weighted by Crippen LogP contribution is -2.43. The molecule has 2 heteroatoms. The van der Waals surface area contributed by atoms with Crippen LogP contribution in [0.15, 0.2) is 0 Å². The van der Waals surface area contributed by atoms with Gasteiger partial charge in [-0.3, -0.25) is 0 Å². The van der Waals surface area contributed by atoms with Gasteiger partial charge in [-0.15, -0.1) is 0 Å². The summed E-state index contributed by atoms with van der Waals surface area (Å²) in [6.45, 7) is 2.41. The van der Waals surface area contributed by atoms with E-state index in [1.165, 1.54) is 51.4 Å². The van der Waals surface area contributed by atoms with Crippen molar-refractivity contribution in [1.29, 1.82) is 0 Å². The van der Waals surface area contributed by atoms with E-state index in [2.05, 4.69) is 18.9 Å². The maximum Gasteiger partial charge on any atom is 0.00961 e. The van der Waals surface area contributed by atoms with Gasteiger partial charge in [-0.05, 0) is 52.0 Å². The highest BCUT2D eigenvalue weighted by atomic mass is 15.2. The van der Waals surface area contributed by atoms with E-state index in [4.69, 9.17) is 5.73 Å². The number of nitrogens with zero attached hydrogens (tertiary/aromatic N) is 1. The van der Waals surface area contributed by atoms with Gasteiger partial charge in [0.1, 0.15) is 0 Å². The number of nitrogens with two attached hydrogens (primary N) is 1. The Morgan fingerprint density at radius 2 is 1.75 bits per heavy atom. The van der Waals surface area contributed by atoms with E-state index in [1.807, 2.05) is 0 Å².